The molecule has 1 amide bonds. The topological polar surface area (TPSA) is 55.4 Å². The van der Waals surface area contributed by atoms with Gasteiger partial charge in [-0.05, 0) is 48.1 Å². The van der Waals surface area contributed by atoms with Crippen LogP contribution in [-0.4, -0.2) is 29.6 Å². The van der Waals surface area contributed by atoms with Crippen LogP contribution in [0.2, 0.25) is 0 Å². The normalized spacial score (nSPS) is 19.8. The molecule has 2 atom stereocenters. The Hall–Kier alpha value is -2.63. The smallest absolute Gasteiger partial charge is 0.137 e. The molecule has 29 heavy (non-hydrogen) atoms. The summed E-state index contributed by atoms with van der Waals surface area (Å²) in [6.07, 6.45) is 0.429. The van der Waals surface area contributed by atoms with Gasteiger partial charge in [0.25, 0.3) is 0 Å². The summed E-state index contributed by atoms with van der Waals surface area (Å²) in [6, 6.07) is 10.8. The first kappa shape index (κ1) is 21.1. The molecule has 0 bridgehead atoms. The summed E-state index contributed by atoms with van der Waals surface area (Å²) in [5.74, 6) is -0.646. The number of likely N-dealkylation sites (tertiary alicyclic amines) is 1. The highest BCUT2D eigenvalue weighted by molar-refractivity contribution is 5.63. The number of carbonyl (C=O) groups excluding carboxylic acids is 1. The third-order valence-electron chi connectivity index (χ3n) is 5.61. The minimum Gasteiger partial charge on any atom is -0.530 e. The van der Waals surface area contributed by atoms with Gasteiger partial charge in [0.15, 0.2) is 0 Å². The number of piperidine rings is 1. The molecule has 0 radical (unpaired) electrons. The van der Waals surface area contributed by atoms with Crippen LogP contribution < -0.4 is 10.4 Å². The molecular formula is C23H27F2N2O2-. The minimum absolute atomic E-state index is 0.0172. The maximum atomic E-state index is 14.6. The average Bonchev–Trinajstić information content (AvgIpc) is 2.65. The van der Waals surface area contributed by atoms with E-state index in [0.717, 1.165) is 5.56 Å². The Morgan fingerprint density at radius 1 is 1.17 bits per heavy atom. The summed E-state index contributed by atoms with van der Waals surface area (Å²) in [5, 5.41) is 14.9. The Labute approximate surface area is 170 Å². The lowest BCUT2D eigenvalue weighted by molar-refractivity contribution is -0.271. The number of nitrogens with one attached hydrogen (secondary N) is 1. The van der Waals surface area contributed by atoms with Gasteiger partial charge in [-0.2, -0.15) is 0 Å². The molecule has 3 rings (SSSR count). The Morgan fingerprint density at radius 3 is 2.48 bits per heavy atom. The van der Waals surface area contributed by atoms with Crippen LogP contribution in [0, 0.1) is 17.0 Å². The lowest BCUT2D eigenvalue weighted by Crippen LogP contribution is -2.57. The summed E-state index contributed by atoms with van der Waals surface area (Å²) < 4.78 is 27.8. The van der Waals surface area contributed by atoms with Gasteiger partial charge in [0.2, 0.25) is 0 Å². The second kappa shape index (κ2) is 8.39. The van der Waals surface area contributed by atoms with E-state index >= 15 is 0 Å². The van der Waals surface area contributed by atoms with Crippen LogP contribution in [0.5, 0.6) is 0 Å². The Balaban J connectivity index is 1.80. The van der Waals surface area contributed by atoms with Crippen molar-refractivity contribution in [3.8, 4) is 0 Å². The van der Waals surface area contributed by atoms with E-state index in [2.05, 4.69) is 5.32 Å². The average molecular weight is 401 g/mol. The van der Waals surface area contributed by atoms with E-state index in [4.69, 9.17) is 0 Å². The number of rotatable bonds is 4. The van der Waals surface area contributed by atoms with Crippen LogP contribution in [0.3, 0.4) is 0 Å². The van der Waals surface area contributed by atoms with E-state index in [1.807, 2.05) is 26.8 Å². The molecule has 2 aromatic rings. The molecule has 2 aromatic carbocycles. The van der Waals surface area contributed by atoms with Crippen molar-refractivity contribution in [3.05, 3.63) is 65.2 Å². The first-order chi connectivity index (χ1) is 13.6. The van der Waals surface area contributed by atoms with Crippen molar-refractivity contribution >= 4 is 11.8 Å². The van der Waals surface area contributed by atoms with E-state index in [9.17, 15) is 18.7 Å². The molecule has 0 spiro atoms. The number of anilines is 1. The van der Waals surface area contributed by atoms with Gasteiger partial charge >= 0.3 is 0 Å². The Bertz CT molecular complexity index is 862. The van der Waals surface area contributed by atoms with Gasteiger partial charge in [0.05, 0.1) is 0 Å². The van der Waals surface area contributed by atoms with Gasteiger partial charge in [-0.15, -0.1) is 0 Å². The van der Waals surface area contributed by atoms with Gasteiger partial charge in [-0.1, -0.05) is 39.0 Å². The van der Waals surface area contributed by atoms with E-state index < -0.39 is 6.09 Å². The predicted octanol–water partition coefficient (Wildman–Crippen LogP) is 4.19. The van der Waals surface area contributed by atoms with Crippen LogP contribution in [-0.2, 0) is 6.42 Å². The largest absolute Gasteiger partial charge is 0.530 e. The van der Waals surface area contributed by atoms with Crippen LogP contribution in [0.25, 0.3) is 0 Å². The zero-order valence-electron chi connectivity index (χ0n) is 17.0. The van der Waals surface area contributed by atoms with E-state index in [1.165, 1.54) is 23.1 Å². The molecule has 1 aliphatic rings. The highest BCUT2D eigenvalue weighted by Gasteiger charge is 2.36. The Kier molecular flexibility index (Phi) is 6.10. The fourth-order valence-electron chi connectivity index (χ4n) is 4.04. The summed E-state index contributed by atoms with van der Waals surface area (Å²) in [4.78, 5) is 12.9. The second-order valence-corrected chi connectivity index (χ2v) is 8.78. The number of carbonyl (C=O) groups is 1. The first-order valence-electron chi connectivity index (χ1n) is 9.91. The maximum absolute atomic E-state index is 14.6. The molecule has 156 valence electrons. The predicted molar refractivity (Wildman–Crippen MR) is 108 cm³/mol. The van der Waals surface area contributed by atoms with Gasteiger partial charge in [-0.25, -0.2) is 8.78 Å². The van der Waals surface area contributed by atoms with Crippen molar-refractivity contribution in [3.63, 3.8) is 0 Å². The quantitative estimate of drug-likeness (QED) is 0.836. The molecule has 1 saturated heterocycles. The van der Waals surface area contributed by atoms with Crippen LogP contribution in [0.15, 0.2) is 42.5 Å². The van der Waals surface area contributed by atoms with Gasteiger partial charge in [0, 0.05) is 36.3 Å². The van der Waals surface area contributed by atoms with Crippen molar-refractivity contribution in [1.82, 2.24) is 4.90 Å². The van der Waals surface area contributed by atoms with E-state index in [-0.39, 0.29) is 29.1 Å². The molecule has 1 N–H and O–H groups in total. The zero-order chi connectivity index (χ0) is 21.2. The fourth-order valence-corrected chi connectivity index (χ4v) is 4.04. The fraction of sp³-hybridized carbons (Fsp3) is 0.435. The summed E-state index contributed by atoms with van der Waals surface area (Å²) in [5.41, 5.74) is 1.79. The van der Waals surface area contributed by atoms with Crippen LogP contribution in [0.4, 0.5) is 19.3 Å². The number of hydrogen-bond acceptors (Lipinski definition) is 3. The highest BCUT2D eigenvalue weighted by atomic mass is 19.1. The lowest BCUT2D eigenvalue weighted by atomic mass is 9.79. The molecule has 6 heteroatoms. The van der Waals surface area contributed by atoms with Crippen molar-refractivity contribution < 1.29 is 18.7 Å². The van der Waals surface area contributed by atoms with E-state index in [1.54, 1.807) is 18.2 Å². The molecule has 1 heterocycles. The van der Waals surface area contributed by atoms with Crippen molar-refractivity contribution in [2.45, 2.75) is 52.1 Å². The van der Waals surface area contributed by atoms with Gasteiger partial charge in [-0.3, -0.25) is 0 Å². The molecule has 4 nitrogen and oxygen atoms in total. The van der Waals surface area contributed by atoms with Crippen molar-refractivity contribution in [2.24, 2.45) is 5.41 Å². The van der Waals surface area contributed by atoms with Crippen molar-refractivity contribution in [2.75, 3.05) is 11.9 Å². The number of halogens is 2. The molecule has 0 saturated carbocycles. The SMILES string of the molecule is CC(C)(C)C1CC(Nc2cccc(F)c2Cc2ccc(F)cc2)CCN1C(=O)[O-]. The molecule has 2 unspecified atom stereocenters. The monoisotopic (exact) mass is 401 g/mol. The molecule has 0 aliphatic carbocycles. The number of carboxylic acid groups (broad SMARTS) is 1. The molecule has 1 aliphatic heterocycles. The van der Waals surface area contributed by atoms with Gasteiger partial charge in [0.1, 0.15) is 17.7 Å². The summed E-state index contributed by atoms with van der Waals surface area (Å²) in [6.45, 7) is 6.42. The third-order valence-corrected chi connectivity index (χ3v) is 5.61. The highest BCUT2D eigenvalue weighted by Crippen LogP contribution is 2.34. The number of benzene rings is 2. The number of hydrogen-bond donors (Lipinski definition) is 1. The lowest BCUT2D eigenvalue weighted by Gasteiger charge is -2.47. The standard InChI is InChI=1S/C23H28F2N2O2/c1-23(2,3)21-14-17(11-12-27(21)22(28)29)26-20-6-4-5-19(25)18(20)13-15-7-9-16(24)10-8-15/h4-10,17,21,26H,11-14H2,1-3H3,(H,28,29)/p-1. The van der Waals surface area contributed by atoms with Crippen LogP contribution in [0.1, 0.15) is 44.7 Å². The zero-order valence-corrected chi connectivity index (χ0v) is 17.0. The molecule has 0 aromatic heterocycles. The van der Waals surface area contributed by atoms with E-state index in [0.29, 0.717) is 37.1 Å². The first-order valence-corrected chi connectivity index (χ1v) is 9.91. The molecular weight excluding hydrogens is 374 g/mol. The maximum Gasteiger partial charge on any atom is 0.137 e. The third kappa shape index (κ3) is 5.05. The number of amides is 1. The molecule has 1 fully saturated rings. The Morgan fingerprint density at radius 2 is 1.86 bits per heavy atom. The summed E-state index contributed by atoms with van der Waals surface area (Å²) >= 11 is 0. The number of nitrogens with zero attached hydrogens (tertiary/aromatic N) is 1. The minimum atomic E-state index is -1.15. The second-order valence-electron chi connectivity index (χ2n) is 8.78. The summed E-state index contributed by atoms with van der Waals surface area (Å²) in [7, 11) is 0. The van der Waals surface area contributed by atoms with Gasteiger partial charge < -0.3 is 20.1 Å². The van der Waals surface area contributed by atoms with Crippen molar-refractivity contribution in [1.29, 1.82) is 0 Å². The van der Waals surface area contributed by atoms with Crippen LogP contribution >= 0.6 is 0 Å².